The average Bonchev–Trinajstić information content (AvgIpc) is 2.84. The van der Waals surface area contributed by atoms with Crippen LogP contribution < -0.4 is 10.1 Å². The van der Waals surface area contributed by atoms with Gasteiger partial charge in [0.15, 0.2) is 6.10 Å². The molecule has 9 heteroatoms. The van der Waals surface area contributed by atoms with E-state index < -0.39 is 46.8 Å². The fraction of sp³-hybridized carbons (Fsp3) is 0.167. The molecule has 170 valence electrons. The lowest BCUT2D eigenvalue weighted by Gasteiger charge is -2.22. The smallest absolute Gasteiger partial charge is 0.263 e. The highest BCUT2D eigenvalue weighted by atomic mass is 19.1. The summed E-state index contributed by atoms with van der Waals surface area (Å²) in [5.74, 6) is -4.52. The molecule has 1 aliphatic heterocycles. The van der Waals surface area contributed by atoms with E-state index in [4.69, 9.17) is 4.74 Å². The molecule has 0 aromatic heterocycles. The van der Waals surface area contributed by atoms with E-state index in [9.17, 15) is 27.2 Å². The molecule has 1 heterocycles. The van der Waals surface area contributed by atoms with Gasteiger partial charge in [-0.2, -0.15) is 0 Å². The summed E-state index contributed by atoms with van der Waals surface area (Å²) in [7, 11) is 0. The first-order valence-corrected chi connectivity index (χ1v) is 10.00. The Bertz CT molecular complexity index is 1210. The van der Waals surface area contributed by atoms with Crippen LogP contribution in [0.25, 0.3) is 0 Å². The summed E-state index contributed by atoms with van der Waals surface area (Å²) in [5.41, 5.74) is 0.262. The Kier molecular flexibility index (Phi) is 6.04. The van der Waals surface area contributed by atoms with E-state index in [1.54, 1.807) is 6.92 Å². The van der Waals surface area contributed by atoms with Crippen LogP contribution >= 0.6 is 0 Å². The molecule has 4 rings (SSSR count). The number of carbonyl (C=O) groups is 2. The minimum Gasteiger partial charge on any atom is -0.481 e. The van der Waals surface area contributed by atoms with Crippen LogP contribution in [-0.2, 0) is 17.9 Å². The van der Waals surface area contributed by atoms with Crippen LogP contribution in [0.3, 0.4) is 0 Å². The molecule has 0 aliphatic carbocycles. The second kappa shape index (κ2) is 8.93. The fourth-order valence-electron chi connectivity index (χ4n) is 3.64. The largest absolute Gasteiger partial charge is 0.481 e. The van der Waals surface area contributed by atoms with Crippen molar-refractivity contribution in [2.75, 3.05) is 5.32 Å². The fourth-order valence-corrected chi connectivity index (χ4v) is 3.64. The van der Waals surface area contributed by atoms with Gasteiger partial charge in [-0.15, -0.1) is 0 Å². The Labute approximate surface area is 186 Å². The Morgan fingerprint density at radius 2 is 1.70 bits per heavy atom. The first-order valence-electron chi connectivity index (χ1n) is 10.00. The predicted molar refractivity (Wildman–Crippen MR) is 111 cm³/mol. The number of ether oxygens (including phenoxy) is 1. The number of fused-ring (bicyclic) bond motifs is 1. The predicted octanol–water partition coefficient (Wildman–Crippen LogP) is 4.81. The zero-order chi connectivity index (χ0) is 23.7. The highest BCUT2D eigenvalue weighted by Gasteiger charge is 2.28. The lowest BCUT2D eigenvalue weighted by atomic mass is 10.1. The molecular formula is C24H18F4N2O3. The maximum absolute atomic E-state index is 13.9. The van der Waals surface area contributed by atoms with E-state index in [0.29, 0.717) is 11.3 Å². The molecule has 1 aliphatic rings. The Hall–Kier alpha value is -3.88. The van der Waals surface area contributed by atoms with Gasteiger partial charge in [0, 0.05) is 30.4 Å². The van der Waals surface area contributed by atoms with Crippen LogP contribution in [0.4, 0.5) is 23.2 Å². The first-order chi connectivity index (χ1) is 15.7. The van der Waals surface area contributed by atoms with Gasteiger partial charge in [-0.3, -0.25) is 9.59 Å². The second-order valence-corrected chi connectivity index (χ2v) is 7.61. The quantitative estimate of drug-likeness (QED) is 0.572. The molecule has 2 amide bonds. The molecule has 0 saturated carbocycles. The SMILES string of the molecule is CC1Oc2ccc(NC(=O)c3c(F)cccc3F)cc2CN(Cc2cc(F)cc(F)c2)C1=O. The third-order valence-electron chi connectivity index (χ3n) is 5.13. The van der Waals surface area contributed by atoms with Crippen molar-refractivity contribution in [3.63, 3.8) is 0 Å². The maximum atomic E-state index is 13.9. The summed E-state index contributed by atoms with van der Waals surface area (Å²) in [4.78, 5) is 26.5. The third kappa shape index (κ3) is 4.82. The molecule has 5 nitrogen and oxygen atoms in total. The minimum atomic E-state index is -1.00. The molecule has 3 aromatic carbocycles. The van der Waals surface area contributed by atoms with Crippen LogP contribution in [0.1, 0.15) is 28.4 Å². The number of benzene rings is 3. The molecule has 0 fully saturated rings. The topological polar surface area (TPSA) is 58.6 Å². The van der Waals surface area contributed by atoms with Crippen molar-refractivity contribution in [2.24, 2.45) is 0 Å². The van der Waals surface area contributed by atoms with Gasteiger partial charge < -0.3 is 15.0 Å². The minimum absolute atomic E-state index is 0.0222. The zero-order valence-corrected chi connectivity index (χ0v) is 17.4. The molecule has 33 heavy (non-hydrogen) atoms. The van der Waals surface area contributed by atoms with Crippen LogP contribution in [0, 0.1) is 23.3 Å². The molecule has 1 atom stereocenters. The van der Waals surface area contributed by atoms with Crippen LogP contribution in [0.15, 0.2) is 54.6 Å². The summed E-state index contributed by atoms with van der Waals surface area (Å²) >= 11 is 0. The standard InChI is InChI=1S/C24H18F4N2O3/c1-13-24(32)30(11-14-7-16(25)10-17(26)8-14)12-15-9-18(5-6-21(15)33-13)29-23(31)22-19(27)3-2-4-20(22)28/h2-10,13H,11-12H2,1H3,(H,29,31). The highest BCUT2D eigenvalue weighted by Crippen LogP contribution is 2.30. The maximum Gasteiger partial charge on any atom is 0.263 e. The number of carbonyl (C=O) groups excluding carboxylic acids is 2. The monoisotopic (exact) mass is 458 g/mol. The summed E-state index contributed by atoms with van der Waals surface area (Å²) in [5, 5.41) is 2.44. The third-order valence-corrected chi connectivity index (χ3v) is 5.13. The van der Waals surface area contributed by atoms with E-state index in [1.807, 2.05) is 0 Å². The lowest BCUT2D eigenvalue weighted by Crippen LogP contribution is -2.37. The molecule has 0 saturated heterocycles. The summed E-state index contributed by atoms with van der Waals surface area (Å²) < 4.78 is 60.7. The van der Waals surface area contributed by atoms with Gasteiger partial charge in [-0.05, 0) is 55.0 Å². The number of amides is 2. The number of hydrogen-bond donors (Lipinski definition) is 1. The number of nitrogens with zero attached hydrogens (tertiary/aromatic N) is 1. The molecule has 0 bridgehead atoms. The lowest BCUT2D eigenvalue weighted by molar-refractivity contribution is -0.138. The highest BCUT2D eigenvalue weighted by molar-refractivity contribution is 6.04. The van der Waals surface area contributed by atoms with E-state index in [-0.39, 0.29) is 24.3 Å². The Morgan fingerprint density at radius 3 is 2.36 bits per heavy atom. The molecular weight excluding hydrogens is 440 g/mol. The van der Waals surface area contributed by atoms with Crippen molar-refractivity contribution in [1.82, 2.24) is 4.90 Å². The van der Waals surface area contributed by atoms with Gasteiger partial charge in [-0.1, -0.05) is 6.07 Å². The summed E-state index contributed by atoms with van der Waals surface area (Å²) in [6.07, 6.45) is -0.863. The van der Waals surface area contributed by atoms with Crippen LogP contribution in [0.2, 0.25) is 0 Å². The molecule has 0 spiro atoms. The average molecular weight is 458 g/mol. The Balaban J connectivity index is 1.60. The van der Waals surface area contributed by atoms with E-state index in [0.717, 1.165) is 36.4 Å². The number of halogens is 4. The Morgan fingerprint density at radius 1 is 1.03 bits per heavy atom. The van der Waals surface area contributed by atoms with Crippen molar-refractivity contribution in [3.8, 4) is 5.75 Å². The van der Waals surface area contributed by atoms with Crippen LogP contribution in [0.5, 0.6) is 5.75 Å². The molecule has 0 radical (unpaired) electrons. The molecule has 1 N–H and O–H groups in total. The van der Waals surface area contributed by atoms with Gasteiger partial charge >= 0.3 is 0 Å². The normalized spacial score (nSPS) is 15.5. The number of rotatable bonds is 4. The van der Waals surface area contributed by atoms with Crippen molar-refractivity contribution in [2.45, 2.75) is 26.1 Å². The number of nitrogens with one attached hydrogen (secondary N) is 1. The van der Waals surface area contributed by atoms with Gasteiger partial charge in [0.1, 0.15) is 34.6 Å². The molecule has 3 aromatic rings. The first kappa shape index (κ1) is 22.3. The zero-order valence-electron chi connectivity index (χ0n) is 17.4. The van der Waals surface area contributed by atoms with Gasteiger partial charge in [0.05, 0.1) is 0 Å². The summed E-state index contributed by atoms with van der Waals surface area (Å²) in [6, 6.07) is 10.6. The van der Waals surface area contributed by atoms with Crippen LogP contribution in [-0.4, -0.2) is 22.8 Å². The van der Waals surface area contributed by atoms with E-state index in [2.05, 4.69) is 5.32 Å². The van der Waals surface area contributed by atoms with Crippen molar-refractivity contribution < 1.29 is 31.9 Å². The number of hydrogen-bond acceptors (Lipinski definition) is 3. The van der Waals surface area contributed by atoms with E-state index in [1.165, 1.54) is 23.1 Å². The van der Waals surface area contributed by atoms with Gasteiger partial charge in [0.2, 0.25) is 0 Å². The second-order valence-electron chi connectivity index (χ2n) is 7.61. The van der Waals surface area contributed by atoms with Crippen molar-refractivity contribution in [3.05, 3.63) is 94.6 Å². The van der Waals surface area contributed by atoms with Crippen molar-refractivity contribution >= 4 is 17.5 Å². The van der Waals surface area contributed by atoms with Gasteiger partial charge in [-0.25, -0.2) is 17.6 Å². The van der Waals surface area contributed by atoms with Gasteiger partial charge in [0.25, 0.3) is 11.8 Å². The van der Waals surface area contributed by atoms with E-state index >= 15 is 0 Å². The number of anilines is 1. The molecule has 1 unspecified atom stereocenters. The van der Waals surface area contributed by atoms with Crippen molar-refractivity contribution in [1.29, 1.82) is 0 Å². The summed E-state index contributed by atoms with van der Waals surface area (Å²) in [6.45, 7) is 1.50.